The fourth-order valence-corrected chi connectivity index (χ4v) is 5.77. The Labute approximate surface area is 324 Å². The molecule has 0 bridgehead atoms. The van der Waals surface area contributed by atoms with E-state index >= 15 is 0 Å². The van der Waals surface area contributed by atoms with Gasteiger partial charge in [-0.15, -0.1) is 0 Å². The Balaban J connectivity index is 3.06. The number of hydrogen-bond acceptors (Lipinski definition) is 12. The second kappa shape index (κ2) is 24.8. The van der Waals surface area contributed by atoms with Gasteiger partial charge in [0, 0.05) is 13.1 Å². The molecule has 1 fully saturated rings. The molecular formula is C33H58N12O11. The molecule has 1 aliphatic rings. The number of aliphatic imine (C=N–C) groups is 1. The molecule has 1 rings (SSSR count). The molecule has 0 aliphatic carbocycles. The van der Waals surface area contributed by atoms with Crippen LogP contribution in [0, 0.1) is 5.92 Å². The molecule has 17 N–H and O–H groups in total. The van der Waals surface area contributed by atoms with Crippen LogP contribution in [0.2, 0.25) is 0 Å². The molecule has 0 saturated carbocycles. The van der Waals surface area contributed by atoms with Crippen LogP contribution in [0.3, 0.4) is 0 Å². The highest BCUT2D eigenvalue weighted by atomic mass is 16.4. The van der Waals surface area contributed by atoms with Gasteiger partial charge >= 0.3 is 11.9 Å². The standard InChI is InChI=1S/C33H58N12O11/c1-17(2)13-21(28(51)42-19(7-3-4-10-34)27(50)43-20(32(55)56)8-5-11-39-33(37)38)44-29(52)22(15-24(36)46)41-25(47)16-40-30(53)23-9-6-12-45(23)31(54)18(35)14-26(48)49/h17-23H,3-16,34-35H2,1-2H3,(H2,36,46)(H,40,53)(H,41,47)(H,42,51)(H,43,50)(H,44,52)(H,48,49)(H,55,56)(H4,37,38,39)/t18-,19-,20-,21-,22-,23-/m0/s1. The van der Waals surface area contributed by atoms with Crippen LogP contribution in [-0.4, -0.2) is 137 Å². The zero-order valence-electron chi connectivity index (χ0n) is 31.8. The van der Waals surface area contributed by atoms with E-state index in [1.54, 1.807) is 13.8 Å². The van der Waals surface area contributed by atoms with Crippen molar-refractivity contribution >= 4 is 59.2 Å². The molecule has 7 amide bonds. The molecule has 1 saturated heterocycles. The molecule has 0 spiro atoms. The lowest BCUT2D eigenvalue weighted by molar-refractivity contribution is -0.144. The Hall–Kier alpha value is -5.58. The van der Waals surface area contributed by atoms with Crippen LogP contribution in [0.25, 0.3) is 0 Å². The first kappa shape index (κ1) is 48.4. The van der Waals surface area contributed by atoms with Gasteiger partial charge in [-0.3, -0.25) is 43.3 Å². The third-order valence-corrected chi connectivity index (χ3v) is 8.51. The fourth-order valence-electron chi connectivity index (χ4n) is 5.77. The van der Waals surface area contributed by atoms with E-state index in [1.807, 2.05) is 0 Å². The minimum atomic E-state index is -1.60. The molecule has 1 aliphatic heterocycles. The van der Waals surface area contributed by atoms with Crippen molar-refractivity contribution in [3.63, 3.8) is 0 Å². The van der Waals surface area contributed by atoms with Crippen molar-refractivity contribution in [1.29, 1.82) is 0 Å². The summed E-state index contributed by atoms with van der Waals surface area (Å²) < 4.78 is 0. The summed E-state index contributed by atoms with van der Waals surface area (Å²) in [5.74, 6) is -8.97. The first-order valence-electron chi connectivity index (χ1n) is 18.3. The summed E-state index contributed by atoms with van der Waals surface area (Å²) in [7, 11) is 0. The van der Waals surface area contributed by atoms with Crippen LogP contribution in [0.4, 0.5) is 0 Å². The summed E-state index contributed by atoms with van der Waals surface area (Å²) in [6.07, 6.45) is 0.493. The van der Waals surface area contributed by atoms with E-state index in [0.29, 0.717) is 19.3 Å². The van der Waals surface area contributed by atoms with Gasteiger partial charge in [-0.05, 0) is 63.8 Å². The number of primary amides is 1. The molecular weight excluding hydrogens is 740 g/mol. The van der Waals surface area contributed by atoms with Crippen molar-refractivity contribution in [3.05, 3.63) is 0 Å². The summed E-state index contributed by atoms with van der Waals surface area (Å²) in [5, 5.41) is 30.8. The van der Waals surface area contributed by atoms with Crippen LogP contribution in [0.15, 0.2) is 4.99 Å². The van der Waals surface area contributed by atoms with E-state index < -0.39 is 109 Å². The maximum atomic E-state index is 13.6. The lowest BCUT2D eigenvalue weighted by Gasteiger charge is -2.27. The van der Waals surface area contributed by atoms with E-state index in [0.717, 1.165) is 4.90 Å². The predicted molar refractivity (Wildman–Crippen MR) is 199 cm³/mol. The molecule has 56 heavy (non-hydrogen) atoms. The number of nitrogens with two attached hydrogens (primary N) is 5. The van der Waals surface area contributed by atoms with Gasteiger partial charge in [-0.2, -0.15) is 0 Å². The van der Waals surface area contributed by atoms with Gasteiger partial charge in [0.1, 0.15) is 30.2 Å². The topological polar surface area (TPSA) is 400 Å². The summed E-state index contributed by atoms with van der Waals surface area (Å²) in [6.45, 7) is 3.36. The number of carbonyl (C=O) groups excluding carboxylic acids is 7. The number of likely N-dealkylation sites (tertiary alicyclic amines) is 1. The van der Waals surface area contributed by atoms with Gasteiger partial charge in [0.2, 0.25) is 41.4 Å². The zero-order chi connectivity index (χ0) is 42.5. The first-order chi connectivity index (χ1) is 26.3. The normalized spacial score (nSPS) is 16.3. The molecule has 1 heterocycles. The minimum absolute atomic E-state index is 0.0218. The summed E-state index contributed by atoms with van der Waals surface area (Å²) >= 11 is 0. The Kier molecular flexibility index (Phi) is 21.4. The fraction of sp³-hybridized carbons (Fsp3) is 0.697. The zero-order valence-corrected chi connectivity index (χ0v) is 31.8. The summed E-state index contributed by atoms with van der Waals surface area (Å²) in [4.78, 5) is 118. The van der Waals surface area contributed by atoms with E-state index in [2.05, 4.69) is 31.6 Å². The molecule has 23 heteroatoms. The van der Waals surface area contributed by atoms with Crippen molar-refractivity contribution in [2.75, 3.05) is 26.2 Å². The van der Waals surface area contributed by atoms with Crippen LogP contribution in [0.1, 0.15) is 78.1 Å². The maximum Gasteiger partial charge on any atom is 0.326 e. The van der Waals surface area contributed by atoms with E-state index in [-0.39, 0.29) is 63.6 Å². The third kappa shape index (κ3) is 18.2. The molecule has 0 radical (unpaired) electrons. The predicted octanol–water partition coefficient (Wildman–Crippen LogP) is -4.98. The van der Waals surface area contributed by atoms with Gasteiger partial charge in [-0.25, -0.2) is 4.79 Å². The summed E-state index contributed by atoms with van der Waals surface area (Å²) in [6, 6.07) is -7.86. The SMILES string of the molecule is CC(C)C[C@H](NC(=O)[C@H](CC(N)=O)NC(=O)CNC(=O)[C@@H]1CCCN1C(=O)[C@@H](N)CC(=O)O)C(=O)N[C@@H](CCCCN)C(=O)N[C@@H](CCCN=C(N)N)C(=O)O. The van der Waals surface area contributed by atoms with Crippen LogP contribution >= 0.6 is 0 Å². The number of carboxylic acids is 2. The van der Waals surface area contributed by atoms with Gasteiger partial charge in [0.15, 0.2) is 5.96 Å². The average molecular weight is 799 g/mol. The van der Waals surface area contributed by atoms with Gasteiger partial charge in [-0.1, -0.05) is 13.8 Å². The Morgan fingerprint density at radius 2 is 1.38 bits per heavy atom. The second-order valence-electron chi connectivity index (χ2n) is 13.8. The number of guanidine groups is 1. The molecule has 0 aromatic rings. The number of carboxylic acid groups (broad SMARTS) is 2. The number of aliphatic carboxylic acids is 2. The molecule has 23 nitrogen and oxygen atoms in total. The molecule has 6 atom stereocenters. The van der Waals surface area contributed by atoms with Crippen molar-refractivity contribution in [2.45, 2.75) is 114 Å². The number of amides is 7. The van der Waals surface area contributed by atoms with Crippen molar-refractivity contribution < 1.29 is 53.4 Å². The van der Waals surface area contributed by atoms with E-state index in [9.17, 15) is 48.3 Å². The molecule has 0 aromatic heterocycles. The number of rotatable bonds is 26. The number of carbonyl (C=O) groups is 9. The number of nitrogens with zero attached hydrogens (tertiary/aromatic N) is 2. The van der Waals surface area contributed by atoms with E-state index in [4.69, 9.17) is 33.8 Å². The third-order valence-electron chi connectivity index (χ3n) is 8.51. The highest BCUT2D eigenvalue weighted by molar-refractivity contribution is 5.97. The Morgan fingerprint density at radius 3 is 1.95 bits per heavy atom. The lowest BCUT2D eigenvalue weighted by atomic mass is 10.0. The second-order valence-corrected chi connectivity index (χ2v) is 13.8. The maximum absolute atomic E-state index is 13.6. The van der Waals surface area contributed by atoms with Crippen molar-refractivity contribution in [3.8, 4) is 0 Å². The van der Waals surface area contributed by atoms with Crippen molar-refractivity contribution in [2.24, 2.45) is 39.6 Å². The summed E-state index contributed by atoms with van der Waals surface area (Å²) in [5.41, 5.74) is 27.2. The van der Waals surface area contributed by atoms with Crippen LogP contribution < -0.4 is 55.3 Å². The van der Waals surface area contributed by atoms with Crippen LogP contribution in [-0.2, 0) is 43.2 Å². The molecule has 316 valence electrons. The van der Waals surface area contributed by atoms with Gasteiger partial charge in [0.25, 0.3) is 0 Å². The highest BCUT2D eigenvalue weighted by Gasteiger charge is 2.37. The molecule has 0 unspecified atom stereocenters. The van der Waals surface area contributed by atoms with Gasteiger partial charge in [0.05, 0.1) is 25.4 Å². The Morgan fingerprint density at radius 1 is 0.786 bits per heavy atom. The quantitative estimate of drug-likeness (QED) is 0.0222. The smallest absolute Gasteiger partial charge is 0.326 e. The molecule has 0 aromatic carbocycles. The average Bonchev–Trinajstić information content (AvgIpc) is 3.59. The minimum Gasteiger partial charge on any atom is -0.481 e. The monoisotopic (exact) mass is 798 g/mol. The first-order valence-corrected chi connectivity index (χ1v) is 18.3. The highest BCUT2D eigenvalue weighted by Crippen LogP contribution is 2.19. The van der Waals surface area contributed by atoms with Crippen LogP contribution in [0.5, 0.6) is 0 Å². The largest absolute Gasteiger partial charge is 0.481 e. The van der Waals surface area contributed by atoms with Crippen molar-refractivity contribution in [1.82, 2.24) is 31.5 Å². The Bertz CT molecular complexity index is 1440. The lowest BCUT2D eigenvalue weighted by Crippen LogP contribution is -2.58. The van der Waals surface area contributed by atoms with E-state index in [1.165, 1.54) is 0 Å². The van der Waals surface area contributed by atoms with Gasteiger partial charge < -0.3 is 70.4 Å². The number of nitrogens with one attached hydrogen (secondary N) is 5. The number of unbranched alkanes of at least 4 members (excludes halogenated alkanes) is 1. The number of hydrogen-bond donors (Lipinski definition) is 12.